The number of ether oxygens (including phenoxy) is 2. The predicted molar refractivity (Wildman–Crippen MR) is 123 cm³/mol. The van der Waals surface area contributed by atoms with Gasteiger partial charge in [-0.2, -0.15) is 5.10 Å². The van der Waals surface area contributed by atoms with Gasteiger partial charge in [-0.15, -0.1) is 0 Å². The maximum Gasteiger partial charge on any atom is 0.220 e. The van der Waals surface area contributed by atoms with Crippen molar-refractivity contribution >= 4 is 5.91 Å². The fourth-order valence-corrected chi connectivity index (χ4v) is 4.63. The number of aromatic nitrogens is 2. The first-order valence-electron chi connectivity index (χ1n) is 11.9. The van der Waals surface area contributed by atoms with Crippen molar-refractivity contribution in [2.45, 2.75) is 57.8 Å². The highest BCUT2D eigenvalue weighted by Crippen LogP contribution is 2.21. The average molecular weight is 441 g/mol. The van der Waals surface area contributed by atoms with Crippen molar-refractivity contribution in [2.75, 3.05) is 32.8 Å². The van der Waals surface area contributed by atoms with Crippen molar-refractivity contribution in [2.24, 2.45) is 7.05 Å². The molecule has 0 bridgehead atoms. The number of carbonyl (C=O) groups excluding carboxylic acids is 1. The van der Waals surface area contributed by atoms with Crippen LogP contribution in [0.15, 0.2) is 30.3 Å². The molecule has 4 rings (SSSR count). The van der Waals surface area contributed by atoms with Gasteiger partial charge in [-0.3, -0.25) is 14.4 Å². The lowest BCUT2D eigenvalue weighted by Gasteiger charge is -2.32. The number of nitrogens with one attached hydrogen (secondary N) is 1. The van der Waals surface area contributed by atoms with E-state index in [2.05, 4.69) is 45.6 Å². The third kappa shape index (κ3) is 6.40. The highest BCUT2D eigenvalue weighted by molar-refractivity contribution is 5.76. The molecule has 0 atom stereocenters. The number of likely N-dealkylation sites (tertiary alicyclic amines) is 1. The van der Waals surface area contributed by atoms with Crippen LogP contribution in [0.25, 0.3) is 0 Å². The van der Waals surface area contributed by atoms with Crippen LogP contribution in [-0.2, 0) is 47.3 Å². The second kappa shape index (κ2) is 11.6. The van der Waals surface area contributed by atoms with Crippen LogP contribution in [0.1, 0.15) is 48.2 Å². The summed E-state index contributed by atoms with van der Waals surface area (Å²) in [6, 6.07) is 10.6. The minimum atomic E-state index is 0.0790. The molecule has 7 nitrogen and oxygen atoms in total. The molecule has 3 heterocycles. The zero-order valence-electron chi connectivity index (χ0n) is 19.2. The third-order valence-corrected chi connectivity index (χ3v) is 6.46. The number of amides is 1. The standard InChI is InChI=1S/C25H36N4O3/c1-28-24-12-17-31-19-22(24)23(27-28)8-9-25(30)26-13-5-16-32-21-10-14-29(15-11-21)18-20-6-3-2-4-7-20/h2-4,6-7,21H,5,8-19H2,1H3,(H,26,30). The number of rotatable bonds is 10. The van der Waals surface area contributed by atoms with Gasteiger partial charge < -0.3 is 14.8 Å². The van der Waals surface area contributed by atoms with E-state index in [-0.39, 0.29) is 5.91 Å². The Hall–Kier alpha value is -2.22. The minimum absolute atomic E-state index is 0.0790. The van der Waals surface area contributed by atoms with Crippen LogP contribution in [0.2, 0.25) is 0 Å². The van der Waals surface area contributed by atoms with Gasteiger partial charge in [0.05, 0.1) is 25.0 Å². The van der Waals surface area contributed by atoms with Gasteiger partial charge in [-0.25, -0.2) is 0 Å². The van der Waals surface area contributed by atoms with Crippen molar-refractivity contribution in [3.05, 3.63) is 52.8 Å². The molecule has 2 aliphatic rings. The van der Waals surface area contributed by atoms with Crippen LogP contribution in [0.5, 0.6) is 0 Å². The number of carbonyl (C=O) groups is 1. The Kier molecular flexibility index (Phi) is 8.31. The molecule has 1 saturated heterocycles. The van der Waals surface area contributed by atoms with E-state index in [1.807, 2.05) is 11.7 Å². The van der Waals surface area contributed by atoms with Crippen molar-refractivity contribution in [3.63, 3.8) is 0 Å². The Morgan fingerprint density at radius 3 is 2.88 bits per heavy atom. The first-order valence-corrected chi connectivity index (χ1v) is 11.9. The molecule has 174 valence electrons. The molecule has 0 aliphatic carbocycles. The van der Waals surface area contributed by atoms with Crippen LogP contribution >= 0.6 is 0 Å². The second-order valence-electron chi connectivity index (χ2n) is 8.83. The van der Waals surface area contributed by atoms with Gasteiger partial charge >= 0.3 is 0 Å². The Bertz CT molecular complexity index is 860. The number of aryl methyl sites for hydroxylation is 2. The molecule has 1 amide bonds. The van der Waals surface area contributed by atoms with Gasteiger partial charge in [0.25, 0.3) is 0 Å². The minimum Gasteiger partial charge on any atom is -0.378 e. The number of hydrogen-bond acceptors (Lipinski definition) is 5. The van der Waals surface area contributed by atoms with E-state index >= 15 is 0 Å². The molecule has 1 N–H and O–H groups in total. The van der Waals surface area contributed by atoms with E-state index in [1.165, 1.54) is 16.8 Å². The van der Waals surface area contributed by atoms with E-state index in [1.54, 1.807) is 0 Å². The molecule has 1 aromatic heterocycles. The average Bonchev–Trinajstić information content (AvgIpc) is 3.15. The predicted octanol–water partition coefficient (Wildman–Crippen LogP) is 2.61. The molecule has 0 unspecified atom stereocenters. The summed E-state index contributed by atoms with van der Waals surface area (Å²) >= 11 is 0. The van der Waals surface area contributed by atoms with E-state index in [4.69, 9.17) is 9.47 Å². The van der Waals surface area contributed by atoms with Gasteiger partial charge in [-0.05, 0) is 24.8 Å². The van der Waals surface area contributed by atoms with Crippen molar-refractivity contribution < 1.29 is 14.3 Å². The Morgan fingerprint density at radius 1 is 1.25 bits per heavy atom. The van der Waals surface area contributed by atoms with Gasteiger partial charge in [0.15, 0.2) is 0 Å². The highest BCUT2D eigenvalue weighted by atomic mass is 16.5. The largest absolute Gasteiger partial charge is 0.378 e. The van der Waals surface area contributed by atoms with Gasteiger partial charge in [-0.1, -0.05) is 30.3 Å². The lowest BCUT2D eigenvalue weighted by Crippen LogP contribution is -2.36. The van der Waals surface area contributed by atoms with E-state index in [0.717, 1.165) is 57.6 Å². The molecule has 0 saturated carbocycles. The SMILES string of the molecule is Cn1nc(CCC(=O)NCCCOC2CCN(Cc3ccccc3)CC2)c2c1CCOC2. The number of hydrogen-bond donors (Lipinski definition) is 1. The maximum atomic E-state index is 12.2. The quantitative estimate of drug-likeness (QED) is 0.575. The Balaban J connectivity index is 1.05. The van der Waals surface area contributed by atoms with Crippen LogP contribution in [0, 0.1) is 0 Å². The van der Waals surface area contributed by atoms with Gasteiger partial charge in [0.2, 0.25) is 5.91 Å². The van der Waals surface area contributed by atoms with Crippen LogP contribution < -0.4 is 5.32 Å². The molecule has 2 aromatic rings. The molecule has 0 spiro atoms. The van der Waals surface area contributed by atoms with Crippen LogP contribution in [0.3, 0.4) is 0 Å². The first kappa shape index (κ1) is 23.0. The summed E-state index contributed by atoms with van der Waals surface area (Å²) in [5.74, 6) is 0.0790. The zero-order chi connectivity index (χ0) is 22.2. The highest BCUT2D eigenvalue weighted by Gasteiger charge is 2.21. The first-order chi connectivity index (χ1) is 15.7. The molecule has 0 radical (unpaired) electrons. The Labute approximate surface area is 191 Å². The van der Waals surface area contributed by atoms with E-state index in [0.29, 0.717) is 38.7 Å². The van der Waals surface area contributed by atoms with Crippen LogP contribution in [0.4, 0.5) is 0 Å². The van der Waals surface area contributed by atoms with Crippen molar-refractivity contribution in [1.82, 2.24) is 20.0 Å². The maximum absolute atomic E-state index is 12.2. The van der Waals surface area contributed by atoms with E-state index < -0.39 is 0 Å². The molecule has 32 heavy (non-hydrogen) atoms. The number of fused-ring (bicyclic) bond motifs is 1. The number of nitrogens with zero attached hydrogens (tertiary/aromatic N) is 3. The van der Waals surface area contributed by atoms with Gasteiger partial charge in [0.1, 0.15) is 0 Å². The monoisotopic (exact) mass is 440 g/mol. The lowest BCUT2D eigenvalue weighted by atomic mass is 10.1. The fourth-order valence-electron chi connectivity index (χ4n) is 4.63. The smallest absolute Gasteiger partial charge is 0.220 e. The topological polar surface area (TPSA) is 68.6 Å². The Morgan fingerprint density at radius 2 is 2.06 bits per heavy atom. The van der Waals surface area contributed by atoms with Gasteiger partial charge in [0, 0.05) is 70.4 Å². The second-order valence-corrected chi connectivity index (χ2v) is 8.83. The number of benzene rings is 1. The lowest BCUT2D eigenvalue weighted by molar-refractivity contribution is -0.121. The summed E-state index contributed by atoms with van der Waals surface area (Å²) in [4.78, 5) is 14.7. The third-order valence-electron chi connectivity index (χ3n) is 6.46. The molecular formula is C25H36N4O3. The number of piperidine rings is 1. The van der Waals surface area contributed by atoms with Crippen molar-refractivity contribution in [3.8, 4) is 0 Å². The van der Waals surface area contributed by atoms with Crippen LogP contribution in [-0.4, -0.2) is 59.5 Å². The molecule has 7 heteroatoms. The summed E-state index contributed by atoms with van der Waals surface area (Å²) in [5, 5.41) is 7.61. The van der Waals surface area contributed by atoms with Crippen molar-refractivity contribution in [1.29, 1.82) is 0 Å². The summed E-state index contributed by atoms with van der Waals surface area (Å²) in [6.07, 6.45) is 5.38. The zero-order valence-corrected chi connectivity index (χ0v) is 19.2. The fraction of sp³-hybridized carbons (Fsp3) is 0.600. The summed E-state index contributed by atoms with van der Waals surface area (Å²) in [6.45, 7) is 5.92. The summed E-state index contributed by atoms with van der Waals surface area (Å²) < 4.78 is 13.6. The normalized spacial score (nSPS) is 17.3. The molecule has 2 aliphatic heterocycles. The molecule has 1 aromatic carbocycles. The summed E-state index contributed by atoms with van der Waals surface area (Å²) in [5.41, 5.74) is 4.79. The van der Waals surface area contributed by atoms with E-state index in [9.17, 15) is 4.79 Å². The molecular weight excluding hydrogens is 404 g/mol. The molecule has 1 fully saturated rings. The summed E-state index contributed by atoms with van der Waals surface area (Å²) in [7, 11) is 1.97.